The topological polar surface area (TPSA) is 69.8 Å². The van der Waals surface area contributed by atoms with Crippen LogP contribution in [0.5, 0.6) is 0 Å². The molecule has 1 N–H and O–H groups in total. The molecule has 72 valence electrons. The lowest BCUT2D eigenvalue weighted by Crippen LogP contribution is -2.00. The highest BCUT2D eigenvalue weighted by Crippen LogP contribution is 2.24. The van der Waals surface area contributed by atoms with Gasteiger partial charge in [-0.25, -0.2) is 14.5 Å². The van der Waals surface area contributed by atoms with Crippen molar-refractivity contribution in [3.8, 4) is 17.5 Å². The van der Waals surface area contributed by atoms with Gasteiger partial charge in [0, 0.05) is 18.0 Å². The Labute approximate surface area is 85.3 Å². The monoisotopic (exact) mass is 197 g/mol. The predicted octanol–water partition coefficient (Wildman–Crippen LogP) is 1.34. The number of fused-ring (bicyclic) bond motifs is 3. The summed E-state index contributed by atoms with van der Waals surface area (Å²) in [5.74, 6) is 0.805. The molecule has 0 saturated heterocycles. The molecule has 0 spiro atoms. The Morgan fingerprint density at radius 3 is 3.20 bits per heavy atom. The third-order valence-electron chi connectivity index (χ3n) is 2.47. The van der Waals surface area contributed by atoms with Gasteiger partial charge in [-0.15, -0.1) is 0 Å². The second-order valence-corrected chi connectivity index (χ2v) is 3.34. The molecule has 5 heteroatoms. The van der Waals surface area contributed by atoms with Crippen LogP contribution in [0.15, 0.2) is 18.5 Å². The van der Waals surface area contributed by atoms with Crippen LogP contribution in [0.2, 0.25) is 0 Å². The highest BCUT2D eigenvalue weighted by molar-refractivity contribution is 5.67. The number of nitrogens with one attached hydrogen (secondary N) is 1. The molecule has 0 unspecified atom stereocenters. The summed E-state index contributed by atoms with van der Waals surface area (Å²) in [7, 11) is 0. The number of rotatable bonds is 0. The van der Waals surface area contributed by atoms with E-state index in [0.717, 1.165) is 17.1 Å². The van der Waals surface area contributed by atoms with E-state index in [9.17, 15) is 0 Å². The average molecular weight is 197 g/mol. The Hall–Kier alpha value is -2.35. The Morgan fingerprint density at radius 1 is 1.53 bits per heavy atom. The van der Waals surface area contributed by atoms with E-state index in [1.807, 2.05) is 13.0 Å². The number of hydrogen-bond donors (Lipinski definition) is 1. The second kappa shape index (κ2) is 2.58. The maximum Gasteiger partial charge on any atom is 0.173 e. The van der Waals surface area contributed by atoms with Crippen molar-refractivity contribution in [1.82, 2.24) is 19.6 Å². The van der Waals surface area contributed by atoms with Crippen LogP contribution < -0.4 is 0 Å². The summed E-state index contributed by atoms with van der Waals surface area (Å²) < 4.78 is 1.72. The molecule has 0 fully saturated rings. The molecule has 0 amide bonds. The lowest BCUT2D eigenvalue weighted by molar-refractivity contribution is 0.916. The van der Waals surface area contributed by atoms with Crippen molar-refractivity contribution in [1.29, 1.82) is 5.26 Å². The largest absolute Gasteiger partial charge is 0.297 e. The Kier molecular flexibility index (Phi) is 1.37. The first kappa shape index (κ1) is 8.00. The molecule has 3 heterocycles. The van der Waals surface area contributed by atoms with Crippen molar-refractivity contribution < 1.29 is 0 Å². The summed E-state index contributed by atoms with van der Waals surface area (Å²) in [5, 5.41) is 11.9. The lowest BCUT2D eigenvalue weighted by atomic mass is 10.2. The number of nitriles is 1. The smallest absolute Gasteiger partial charge is 0.173 e. The van der Waals surface area contributed by atoms with Crippen molar-refractivity contribution >= 4 is 5.65 Å². The highest BCUT2D eigenvalue weighted by atomic mass is 15.3. The van der Waals surface area contributed by atoms with Crippen LogP contribution in [-0.2, 0) is 0 Å². The zero-order valence-corrected chi connectivity index (χ0v) is 8.02. The van der Waals surface area contributed by atoms with Gasteiger partial charge in [-0.3, -0.25) is 5.10 Å². The first-order valence-electron chi connectivity index (χ1n) is 4.52. The van der Waals surface area contributed by atoms with Gasteiger partial charge in [-0.05, 0) is 13.0 Å². The molecule has 0 bridgehead atoms. The SMILES string of the molecule is Cc1nc2c(C#N)c[nH]n2c2nccc1-2. The van der Waals surface area contributed by atoms with Crippen molar-refractivity contribution in [2.24, 2.45) is 0 Å². The van der Waals surface area contributed by atoms with Crippen LogP contribution in [-0.4, -0.2) is 19.6 Å². The molecule has 0 aromatic carbocycles. The molecule has 0 aliphatic carbocycles. The van der Waals surface area contributed by atoms with Crippen molar-refractivity contribution in [2.45, 2.75) is 6.92 Å². The van der Waals surface area contributed by atoms with E-state index in [-0.39, 0.29) is 0 Å². The summed E-state index contributed by atoms with van der Waals surface area (Å²) >= 11 is 0. The molecule has 0 radical (unpaired) electrons. The molecule has 0 saturated carbocycles. The fourth-order valence-corrected chi connectivity index (χ4v) is 1.74. The van der Waals surface area contributed by atoms with Crippen LogP contribution >= 0.6 is 0 Å². The molecular formula is C10H7N5. The number of aromatic nitrogens is 4. The molecule has 2 aliphatic heterocycles. The molecule has 1 aromatic rings. The molecule has 5 nitrogen and oxygen atoms in total. The van der Waals surface area contributed by atoms with E-state index in [4.69, 9.17) is 5.26 Å². The summed E-state index contributed by atoms with van der Waals surface area (Å²) in [5.41, 5.74) is 3.04. The van der Waals surface area contributed by atoms with Crippen LogP contribution in [0.25, 0.3) is 17.0 Å². The first-order valence-corrected chi connectivity index (χ1v) is 4.52. The van der Waals surface area contributed by atoms with Gasteiger partial charge >= 0.3 is 0 Å². The molecule has 15 heavy (non-hydrogen) atoms. The number of aromatic amines is 1. The van der Waals surface area contributed by atoms with E-state index in [2.05, 4.69) is 21.1 Å². The van der Waals surface area contributed by atoms with Crippen LogP contribution in [0.4, 0.5) is 0 Å². The Balaban J connectivity index is 2.57. The van der Waals surface area contributed by atoms with Gasteiger partial charge in [-0.1, -0.05) is 0 Å². The third-order valence-corrected chi connectivity index (χ3v) is 2.47. The standard InChI is InChI=1S/C10H7N5/c1-6-8-2-3-12-10(8)15-9(14-6)7(4-11)5-13-15/h2-3,5,13H,1H3. The average Bonchev–Trinajstić information content (AvgIpc) is 2.81. The highest BCUT2D eigenvalue weighted by Gasteiger charge is 2.15. The first-order chi connectivity index (χ1) is 7.31. The minimum Gasteiger partial charge on any atom is -0.297 e. The number of hydrogen-bond acceptors (Lipinski definition) is 3. The molecule has 2 aliphatic rings. The number of aryl methyl sites for hydroxylation is 1. The van der Waals surface area contributed by atoms with Crippen LogP contribution in [0, 0.1) is 18.3 Å². The van der Waals surface area contributed by atoms with E-state index in [0.29, 0.717) is 11.2 Å². The normalized spacial score (nSPS) is 10.9. The summed E-state index contributed by atoms with van der Waals surface area (Å²) in [6, 6.07) is 4.01. The third kappa shape index (κ3) is 0.904. The zero-order chi connectivity index (χ0) is 10.4. The Morgan fingerprint density at radius 2 is 2.40 bits per heavy atom. The van der Waals surface area contributed by atoms with Gasteiger partial charge < -0.3 is 0 Å². The van der Waals surface area contributed by atoms with Crippen LogP contribution in [0.1, 0.15) is 11.3 Å². The van der Waals surface area contributed by atoms with Crippen molar-refractivity contribution in [3.05, 3.63) is 29.7 Å². The predicted molar refractivity (Wildman–Crippen MR) is 53.4 cm³/mol. The van der Waals surface area contributed by atoms with Crippen LogP contribution in [0.3, 0.4) is 0 Å². The van der Waals surface area contributed by atoms with Gasteiger partial charge in [0.25, 0.3) is 0 Å². The van der Waals surface area contributed by atoms with Gasteiger partial charge in [0.2, 0.25) is 0 Å². The van der Waals surface area contributed by atoms with E-state index in [1.165, 1.54) is 0 Å². The van der Waals surface area contributed by atoms with Crippen molar-refractivity contribution in [3.63, 3.8) is 0 Å². The number of H-pyrrole nitrogens is 1. The minimum atomic E-state index is 0.531. The molecular weight excluding hydrogens is 190 g/mol. The molecule has 0 atom stereocenters. The maximum absolute atomic E-state index is 8.89. The lowest BCUT2D eigenvalue weighted by Gasteiger charge is -2.04. The van der Waals surface area contributed by atoms with Gasteiger partial charge in [0.1, 0.15) is 11.6 Å². The van der Waals surface area contributed by atoms with E-state index >= 15 is 0 Å². The summed E-state index contributed by atoms with van der Waals surface area (Å²) in [4.78, 5) is 8.61. The fourth-order valence-electron chi connectivity index (χ4n) is 1.74. The fraction of sp³-hybridized carbons (Fsp3) is 0.100. The molecule has 1 aromatic heterocycles. The van der Waals surface area contributed by atoms with Crippen molar-refractivity contribution in [2.75, 3.05) is 0 Å². The zero-order valence-electron chi connectivity index (χ0n) is 8.02. The number of nitrogens with zero attached hydrogens (tertiary/aromatic N) is 4. The second-order valence-electron chi connectivity index (χ2n) is 3.34. The molecule has 3 rings (SSSR count). The summed E-state index contributed by atoms with van der Waals surface area (Å²) in [6.45, 7) is 1.91. The van der Waals surface area contributed by atoms with E-state index in [1.54, 1.807) is 16.9 Å². The van der Waals surface area contributed by atoms with Gasteiger partial charge in [0.05, 0.1) is 5.69 Å². The van der Waals surface area contributed by atoms with Gasteiger partial charge in [0.15, 0.2) is 11.5 Å². The van der Waals surface area contributed by atoms with Gasteiger partial charge in [-0.2, -0.15) is 5.26 Å². The Bertz CT molecular complexity index is 654. The quantitative estimate of drug-likeness (QED) is 0.591. The maximum atomic E-state index is 8.89. The van der Waals surface area contributed by atoms with E-state index < -0.39 is 0 Å². The summed E-state index contributed by atoms with van der Waals surface area (Å²) in [6.07, 6.45) is 3.37. The minimum absolute atomic E-state index is 0.531.